The van der Waals surface area contributed by atoms with Gasteiger partial charge in [-0.05, 0) is 47.8 Å². The zero-order valence-electron chi connectivity index (χ0n) is 16.6. The highest BCUT2D eigenvalue weighted by Crippen LogP contribution is 2.22. The number of nitrogens with one attached hydrogen (secondary N) is 2. The van der Waals surface area contributed by atoms with E-state index in [0.717, 1.165) is 0 Å². The summed E-state index contributed by atoms with van der Waals surface area (Å²) in [5, 5.41) is 7.26. The van der Waals surface area contributed by atoms with E-state index in [1.54, 1.807) is 54.6 Å². The predicted molar refractivity (Wildman–Crippen MR) is 123 cm³/mol. The summed E-state index contributed by atoms with van der Waals surface area (Å²) in [5.41, 5.74) is 1.19. The minimum Gasteiger partial charge on any atom is -0.459 e. The van der Waals surface area contributed by atoms with Crippen molar-refractivity contribution >= 4 is 44.4 Å². The van der Waals surface area contributed by atoms with Gasteiger partial charge < -0.3 is 15.1 Å². The standard InChI is InChI=1S/C23H18N2O5S2/c26-22(20-10-5-13-31-20)24-17-6-4-7-18(14-17)25-23(27)21-16(11-12-30-21)15-32(28,29)19-8-2-1-3-9-19/h1-14H,15H2,(H,24,26)(H,25,27). The summed E-state index contributed by atoms with van der Waals surface area (Å²) in [6.07, 6.45) is 1.28. The number of thiophene rings is 1. The number of sulfone groups is 1. The number of furan rings is 1. The smallest absolute Gasteiger partial charge is 0.291 e. The molecule has 0 aliphatic rings. The third-order valence-corrected chi connectivity index (χ3v) is 7.07. The fourth-order valence-electron chi connectivity index (χ4n) is 3.03. The van der Waals surface area contributed by atoms with Crippen molar-refractivity contribution in [1.29, 1.82) is 0 Å². The number of hydrogen-bond donors (Lipinski definition) is 2. The summed E-state index contributed by atoms with van der Waals surface area (Å²) in [6.45, 7) is 0. The van der Waals surface area contributed by atoms with Crippen LogP contribution in [0.1, 0.15) is 25.8 Å². The lowest BCUT2D eigenvalue weighted by molar-refractivity contribution is 0.0994. The minimum absolute atomic E-state index is 0.0856. The third-order valence-electron chi connectivity index (χ3n) is 4.52. The molecule has 0 bridgehead atoms. The Hall–Kier alpha value is -3.69. The second kappa shape index (κ2) is 9.21. The third kappa shape index (κ3) is 4.96. The van der Waals surface area contributed by atoms with Crippen molar-refractivity contribution in [1.82, 2.24) is 0 Å². The van der Waals surface area contributed by atoms with Gasteiger partial charge in [-0.15, -0.1) is 11.3 Å². The van der Waals surface area contributed by atoms with Gasteiger partial charge in [0.2, 0.25) is 0 Å². The van der Waals surface area contributed by atoms with Gasteiger partial charge in [-0.2, -0.15) is 0 Å². The largest absolute Gasteiger partial charge is 0.459 e. The maximum Gasteiger partial charge on any atom is 0.291 e. The molecule has 0 aliphatic heterocycles. The van der Waals surface area contributed by atoms with E-state index < -0.39 is 15.7 Å². The van der Waals surface area contributed by atoms with Crippen LogP contribution in [0.3, 0.4) is 0 Å². The maximum atomic E-state index is 12.8. The van der Waals surface area contributed by atoms with E-state index in [-0.39, 0.29) is 27.9 Å². The molecule has 32 heavy (non-hydrogen) atoms. The molecule has 0 unspecified atom stereocenters. The number of carbonyl (C=O) groups is 2. The van der Waals surface area contributed by atoms with Crippen molar-refractivity contribution in [2.75, 3.05) is 10.6 Å². The molecule has 0 aliphatic carbocycles. The SMILES string of the molecule is O=C(Nc1cccc(NC(=O)c2occc2CS(=O)(=O)c2ccccc2)c1)c1cccs1. The van der Waals surface area contributed by atoms with E-state index in [2.05, 4.69) is 10.6 Å². The number of benzene rings is 2. The van der Waals surface area contributed by atoms with Gasteiger partial charge in [-0.3, -0.25) is 9.59 Å². The van der Waals surface area contributed by atoms with Gasteiger partial charge in [0.1, 0.15) is 0 Å². The van der Waals surface area contributed by atoms with Gasteiger partial charge >= 0.3 is 0 Å². The van der Waals surface area contributed by atoms with Gasteiger partial charge in [0, 0.05) is 16.9 Å². The van der Waals surface area contributed by atoms with Gasteiger partial charge in [-0.1, -0.05) is 30.3 Å². The number of anilines is 2. The molecule has 0 saturated heterocycles. The highest BCUT2D eigenvalue weighted by molar-refractivity contribution is 7.90. The second-order valence-corrected chi connectivity index (χ2v) is 9.75. The summed E-state index contributed by atoms with van der Waals surface area (Å²) in [4.78, 5) is 25.7. The van der Waals surface area contributed by atoms with Crippen LogP contribution in [-0.4, -0.2) is 20.2 Å². The molecule has 2 aromatic heterocycles. The first-order valence-electron chi connectivity index (χ1n) is 9.53. The van der Waals surface area contributed by atoms with Crippen molar-refractivity contribution in [2.45, 2.75) is 10.6 Å². The van der Waals surface area contributed by atoms with E-state index in [1.165, 1.54) is 35.8 Å². The molecule has 4 rings (SSSR count). The Balaban J connectivity index is 1.47. The van der Waals surface area contributed by atoms with Crippen molar-refractivity contribution < 1.29 is 22.4 Å². The van der Waals surface area contributed by atoms with Crippen LogP contribution >= 0.6 is 11.3 Å². The van der Waals surface area contributed by atoms with Crippen LogP contribution in [0.5, 0.6) is 0 Å². The summed E-state index contributed by atoms with van der Waals surface area (Å²) in [6, 6.07) is 19.6. The number of carbonyl (C=O) groups excluding carboxylic acids is 2. The van der Waals surface area contributed by atoms with E-state index in [1.807, 2.05) is 5.38 Å². The molecule has 2 amide bonds. The normalized spacial score (nSPS) is 11.1. The average molecular weight is 467 g/mol. The highest BCUT2D eigenvalue weighted by Gasteiger charge is 2.22. The average Bonchev–Trinajstić information content (AvgIpc) is 3.47. The maximum absolute atomic E-state index is 12.8. The Morgan fingerprint density at radius 3 is 2.25 bits per heavy atom. The van der Waals surface area contributed by atoms with E-state index in [9.17, 15) is 18.0 Å². The monoisotopic (exact) mass is 466 g/mol. The Labute approximate surface area is 188 Å². The Bertz CT molecular complexity index is 1340. The molecule has 2 N–H and O–H groups in total. The fourth-order valence-corrected chi connectivity index (χ4v) is 5.02. The van der Waals surface area contributed by atoms with Crippen LogP contribution in [0, 0.1) is 0 Å². The zero-order valence-corrected chi connectivity index (χ0v) is 18.3. The minimum atomic E-state index is -3.64. The number of rotatable bonds is 7. The van der Waals surface area contributed by atoms with Crippen LogP contribution < -0.4 is 10.6 Å². The van der Waals surface area contributed by atoms with Crippen molar-refractivity contribution in [3.05, 3.63) is 101 Å². The molecule has 0 saturated carbocycles. The Kier molecular flexibility index (Phi) is 6.20. The van der Waals surface area contributed by atoms with Gasteiger partial charge in [0.25, 0.3) is 11.8 Å². The van der Waals surface area contributed by atoms with E-state index in [0.29, 0.717) is 16.3 Å². The molecule has 0 fully saturated rings. The topological polar surface area (TPSA) is 105 Å². The molecule has 0 atom stereocenters. The molecule has 7 nitrogen and oxygen atoms in total. The zero-order chi connectivity index (χ0) is 22.6. The van der Waals surface area contributed by atoms with E-state index >= 15 is 0 Å². The van der Waals surface area contributed by atoms with Crippen molar-refractivity contribution in [3.8, 4) is 0 Å². The fraction of sp³-hybridized carbons (Fsp3) is 0.0435. The molecular weight excluding hydrogens is 448 g/mol. The summed E-state index contributed by atoms with van der Waals surface area (Å²) >= 11 is 1.32. The van der Waals surface area contributed by atoms with Gasteiger partial charge in [0.15, 0.2) is 15.6 Å². The Morgan fingerprint density at radius 2 is 1.56 bits per heavy atom. The molecule has 9 heteroatoms. The molecule has 2 heterocycles. The lowest BCUT2D eigenvalue weighted by Gasteiger charge is -2.09. The highest BCUT2D eigenvalue weighted by atomic mass is 32.2. The predicted octanol–water partition coefficient (Wildman–Crippen LogP) is 4.82. The summed E-state index contributed by atoms with van der Waals surface area (Å²) < 4.78 is 30.6. The second-order valence-electron chi connectivity index (χ2n) is 6.81. The van der Waals surface area contributed by atoms with Crippen LogP contribution in [0.15, 0.2) is 93.8 Å². The summed E-state index contributed by atoms with van der Waals surface area (Å²) in [5.74, 6) is -1.29. The number of amides is 2. The lowest BCUT2D eigenvalue weighted by Crippen LogP contribution is -2.15. The quantitative estimate of drug-likeness (QED) is 0.406. The van der Waals surface area contributed by atoms with Crippen LogP contribution in [0.4, 0.5) is 11.4 Å². The van der Waals surface area contributed by atoms with Crippen molar-refractivity contribution in [3.63, 3.8) is 0 Å². The van der Waals surface area contributed by atoms with Crippen LogP contribution in [-0.2, 0) is 15.6 Å². The Morgan fingerprint density at radius 1 is 0.844 bits per heavy atom. The molecule has 2 aromatic carbocycles. The van der Waals surface area contributed by atoms with Crippen LogP contribution in [0.25, 0.3) is 0 Å². The summed E-state index contributed by atoms with van der Waals surface area (Å²) in [7, 11) is -3.64. The number of hydrogen-bond acceptors (Lipinski definition) is 6. The molecular formula is C23H18N2O5S2. The van der Waals surface area contributed by atoms with Crippen LogP contribution in [0.2, 0.25) is 0 Å². The first-order valence-corrected chi connectivity index (χ1v) is 12.1. The van der Waals surface area contributed by atoms with Gasteiger partial charge in [-0.25, -0.2) is 8.42 Å². The molecule has 162 valence electrons. The first kappa shape index (κ1) is 21.5. The van der Waals surface area contributed by atoms with Crippen molar-refractivity contribution in [2.24, 2.45) is 0 Å². The first-order chi connectivity index (χ1) is 15.4. The molecule has 0 radical (unpaired) electrons. The van der Waals surface area contributed by atoms with E-state index in [4.69, 9.17) is 4.42 Å². The van der Waals surface area contributed by atoms with Gasteiger partial charge in [0.05, 0.1) is 21.8 Å². The molecule has 4 aromatic rings. The molecule has 0 spiro atoms. The lowest BCUT2D eigenvalue weighted by atomic mass is 10.2.